The van der Waals surface area contributed by atoms with Crippen molar-refractivity contribution in [2.24, 2.45) is 5.16 Å². The maximum Gasteiger partial charge on any atom is 0.353 e. The number of aromatic nitrogens is 1. The van der Waals surface area contributed by atoms with Gasteiger partial charge in [0.25, 0.3) is 11.8 Å². The minimum atomic E-state index is -1.29. The summed E-state index contributed by atoms with van der Waals surface area (Å²) in [5.41, 5.74) is 4.90. The van der Waals surface area contributed by atoms with Crippen molar-refractivity contribution >= 4 is 63.5 Å². The van der Waals surface area contributed by atoms with Crippen LogP contribution in [0.3, 0.4) is 0 Å². The van der Waals surface area contributed by atoms with Crippen molar-refractivity contribution < 1.29 is 28.7 Å². The van der Waals surface area contributed by atoms with E-state index in [9.17, 15) is 24.3 Å². The summed E-state index contributed by atoms with van der Waals surface area (Å²) in [5.74, 6) is -1.94. The number of hydrogen-bond donors (Lipinski definition) is 3. The van der Waals surface area contributed by atoms with Crippen molar-refractivity contribution in [3.8, 4) is 0 Å². The van der Waals surface area contributed by atoms with Crippen molar-refractivity contribution in [1.29, 1.82) is 0 Å². The number of carboxylic acids is 1. The van der Waals surface area contributed by atoms with Gasteiger partial charge in [0, 0.05) is 27.0 Å². The zero-order chi connectivity index (χ0) is 24.6. The number of β-lactam (4-membered cyclic amide) rings is 1. The second-order valence-corrected chi connectivity index (χ2v) is 10.1. The van der Waals surface area contributed by atoms with E-state index >= 15 is 0 Å². The summed E-state index contributed by atoms with van der Waals surface area (Å²) >= 11 is 3.48. The van der Waals surface area contributed by atoms with Crippen molar-refractivity contribution in [2.75, 3.05) is 18.6 Å². The monoisotopic (exact) mass is 523 g/mol. The number of nitrogens with one attached hydrogen (secondary N) is 1. The third-order valence-corrected chi connectivity index (χ3v) is 7.88. The molecular weight excluding hydrogens is 506 g/mol. The van der Waals surface area contributed by atoms with Crippen molar-refractivity contribution in [2.45, 2.75) is 23.2 Å². The van der Waals surface area contributed by atoms with Gasteiger partial charge in [0.05, 0.1) is 0 Å². The minimum Gasteiger partial charge on any atom is -0.477 e. The molecule has 4 heterocycles. The van der Waals surface area contributed by atoms with E-state index in [-0.39, 0.29) is 28.0 Å². The van der Waals surface area contributed by atoms with Crippen LogP contribution in [0.5, 0.6) is 0 Å². The first-order valence-electron chi connectivity index (χ1n) is 9.53. The summed E-state index contributed by atoms with van der Waals surface area (Å²) in [6, 6.07) is 1.89. The fraction of sp³-hybridized carbons (Fsp3) is 0.263. The Balaban J connectivity index is 1.55. The number of aryl methyl sites for hydroxylation is 1. The lowest BCUT2D eigenvalue weighted by Crippen LogP contribution is -2.71. The molecule has 1 fully saturated rings. The molecule has 0 aromatic carbocycles. The quantitative estimate of drug-likeness (QED) is 0.266. The van der Waals surface area contributed by atoms with Gasteiger partial charge >= 0.3 is 11.6 Å². The van der Waals surface area contributed by atoms with Gasteiger partial charge in [-0.3, -0.25) is 14.5 Å². The Bertz CT molecular complexity index is 1300. The average molecular weight is 524 g/mol. The number of carboxylic acid groups (broad SMARTS) is 1. The third kappa shape index (κ3) is 4.53. The van der Waals surface area contributed by atoms with Crippen LogP contribution in [-0.4, -0.2) is 62.8 Å². The summed E-state index contributed by atoms with van der Waals surface area (Å²) in [7, 11) is 1.26. The van der Waals surface area contributed by atoms with Gasteiger partial charge in [-0.15, -0.1) is 23.1 Å². The number of nitrogens with zero attached hydrogens (tertiary/aromatic N) is 3. The van der Waals surface area contributed by atoms with E-state index in [4.69, 9.17) is 15.0 Å². The van der Waals surface area contributed by atoms with Gasteiger partial charge in [-0.2, -0.15) is 0 Å². The topological polar surface area (TPSA) is 177 Å². The van der Waals surface area contributed by atoms with Crippen molar-refractivity contribution in [1.82, 2.24) is 15.2 Å². The molecule has 2 amide bonds. The minimum absolute atomic E-state index is 0.161. The highest BCUT2D eigenvalue weighted by molar-refractivity contribution is 8.06. The lowest BCUT2D eigenvalue weighted by molar-refractivity contribution is -0.150. The van der Waals surface area contributed by atoms with Gasteiger partial charge < -0.3 is 25.4 Å². The summed E-state index contributed by atoms with van der Waals surface area (Å²) in [4.78, 5) is 60.2. The zero-order valence-electron chi connectivity index (χ0n) is 17.6. The number of aliphatic carboxylic acids is 1. The number of amides is 2. The summed E-state index contributed by atoms with van der Waals surface area (Å²) in [6.07, 6.45) is 0. The smallest absolute Gasteiger partial charge is 0.353 e. The van der Waals surface area contributed by atoms with Crippen LogP contribution in [0.2, 0.25) is 0 Å². The maximum absolute atomic E-state index is 12.9. The number of thioether (sulfide) groups is 2. The van der Waals surface area contributed by atoms with Crippen LogP contribution in [0.25, 0.3) is 0 Å². The number of hydrogen-bond acceptors (Lipinski definition) is 12. The van der Waals surface area contributed by atoms with Gasteiger partial charge in [-0.25, -0.2) is 14.6 Å². The summed E-state index contributed by atoms with van der Waals surface area (Å²) in [5, 5.41) is 17.2. The molecule has 2 aliphatic heterocycles. The molecule has 2 atom stereocenters. The molecule has 0 bridgehead atoms. The van der Waals surface area contributed by atoms with E-state index in [2.05, 4.69) is 15.5 Å². The van der Waals surface area contributed by atoms with Crippen molar-refractivity contribution in [3.63, 3.8) is 0 Å². The molecule has 0 saturated carbocycles. The highest BCUT2D eigenvalue weighted by atomic mass is 32.2. The first-order chi connectivity index (χ1) is 16.2. The highest BCUT2D eigenvalue weighted by Crippen LogP contribution is 2.45. The summed E-state index contributed by atoms with van der Waals surface area (Å²) in [6.45, 7) is 1.61. The fourth-order valence-corrected chi connectivity index (χ4v) is 6.48. The van der Waals surface area contributed by atoms with Crippen molar-refractivity contribution in [3.05, 3.63) is 50.0 Å². The standard InChI is InChI=1S/C19H17N5O7S3/c1-7-3-8(4-11(25)31-7)34-10-6-32-17-13(16(27)24(17)14(10)18(28)29)22-15(26)12(23-30-2)9-5-33-19(20)21-9/h3-5,13,17H,6H2,1-2H3,(H2,20,21)(H,22,26)(H,28,29)/b23-12-/t13-,17+/m1/s1. The Morgan fingerprint density at radius 1 is 1.41 bits per heavy atom. The highest BCUT2D eigenvalue weighted by Gasteiger charge is 2.54. The van der Waals surface area contributed by atoms with E-state index in [1.807, 2.05) is 0 Å². The van der Waals surface area contributed by atoms with Crippen LogP contribution in [0, 0.1) is 6.92 Å². The van der Waals surface area contributed by atoms with Crippen LogP contribution in [-0.2, 0) is 19.2 Å². The Morgan fingerprint density at radius 3 is 2.79 bits per heavy atom. The number of carbonyl (C=O) groups excluding carboxylic acids is 2. The average Bonchev–Trinajstić information content (AvgIpc) is 3.20. The van der Waals surface area contributed by atoms with Crippen LogP contribution >= 0.6 is 34.9 Å². The Kier molecular flexibility index (Phi) is 6.67. The zero-order valence-corrected chi connectivity index (χ0v) is 20.1. The number of oxime groups is 1. The van der Waals surface area contributed by atoms with Crippen LogP contribution in [0.4, 0.5) is 5.13 Å². The molecule has 1 saturated heterocycles. The molecule has 0 radical (unpaired) electrons. The molecule has 2 aliphatic rings. The molecule has 178 valence electrons. The van der Waals surface area contributed by atoms with E-state index in [0.29, 0.717) is 15.6 Å². The molecule has 15 heteroatoms. The van der Waals surface area contributed by atoms with E-state index in [1.54, 1.807) is 13.0 Å². The third-order valence-electron chi connectivity index (χ3n) is 4.69. The first-order valence-corrected chi connectivity index (χ1v) is 12.3. The van der Waals surface area contributed by atoms with Gasteiger partial charge in [0.1, 0.15) is 35.7 Å². The van der Waals surface area contributed by atoms with E-state index in [0.717, 1.165) is 28.0 Å². The summed E-state index contributed by atoms with van der Waals surface area (Å²) < 4.78 is 4.93. The van der Waals surface area contributed by atoms with Gasteiger partial charge in [-0.05, 0) is 13.0 Å². The molecule has 4 rings (SSSR count). The molecule has 2 aromatic heterocycles. The first kappa shape index (κ1) is 23.8. The number of rotatable bonds is 7. The predicted molar refractivity (Wildman–Crippen MR) is 125 cm³/mol. The Hall–Kier alpha value is -3.30. The fourth-order valence-electron chi connectivity index (χ4n) is 3.35. The largest absolute Gasteiger partial charge is 0.477 e. The number of carbonyl (C=O) groups is 3. The number of thiazole rings is 1. The molecule has 0 aliphatic carbocycles. The van der Waals surface area contributed by atoms with Gasteiger partial charge in [-0.1, -0.05) is 16.9 Å². The molecule has 34 heavy (non-hydrogen) atoms. The second kappa shape index (κ2) is 9.52. The van der Waals surface area contributed by atoms with Crippen LogP contribution in [0.1, 0.15) is 11.5 Å². The maximum atomic E-state index is 12.9. The lowest BCUT2D eigenvalue weighted by atomic mass is 10.0. The number of fused-ring (bicyclic) bond motifs is 1. The molecule has 4 N–H and O–H groups in total. The Morgan fingerprint density at radius 2 is 2.18 bits per heavy atom. The Labute approximate surface area is 204 Å². The predicted octanol–water partition coefficient (Wildman–Crippen LogP) is 0.826. The molecule has 0 unspecified atom stereocenters. The second-order valence-electron chi connectivity index (χ2n) is 6.96. The molecular formula is C19H17N5O7S3. The SMILES string of the molecule is CO/N=C(\C(=O)N[C@@H]1C(=O)N2C(C(=O)O)=C(Sc3cc(C)oc(=O)c3)CS[C@@H]12)c1csc(N)n1. The molecule has 0 spiro atoms. The van der Waals surface area contributed by atoms with E-state index in [1.165, 1.54) is 30.3 Å². The molecule has 2 aromatic rings. The van der Waals surface area contributed by atoms with E-state index < -0.39 is 34.8 Å². The van der Waals surface area contributed by atoms with Crippen LogP contribution in [0.15, 0.2) is 47.4 Å². The van der Waals surface area contributed by atoms with Crippen LogP contribution < -0.4 is 16.7 Å². The molecule has 12 nitrogen and oxygen atoms in total. The number of nitrogen functional groups attached to an aromatic ring is 1. The normalized spacial score (nSPS) is 20.0. The lowest BCUT2D eigenvalue weighted by Gasteiger charge is -2.49. The number of nitrogens with two attached hydrogens (primary N) is 1. The van der Waals surface area contributed by atoms with Gasteiger partial charge in [0.2, 0.25) is 0 Å². The van der Waals surface area contributed by atoms with Gasteiger partial charge in [0.15, 0.2) is 10.8 Å². The number of anilines is 1.